The number of hydrogen-bond donors (Lipinski definition) is 1. The molecule has 2 rings (SSSR count). The third kappa shape index (κ3) is 4.67. The van der Waals surface area contributed by atoms with E-state index in [0.717, 1.165) is 0 Å². The van der Waals surface area contributed by atoms with E-state index >= 15 is 0 Å². The summed E-state index contributed by atoms with van der Waals surface area (Å²) in [5.74, 6) is -0.395. The Balaban J connectivity index is 2.17. The predicted octanol–water partition coefficient (Wildman–Crippen LogP) is 1.50. The zero-order valence-corrected chi connectivity index (χ0v) is 14.7. The van der Waals surface area contributed by atoms with Gasteiger partial charge in [0.2, 0.25) is 15.9 Å². The maximum atomic E-state index is 12.6. The van der Waals surface area contributed by atoms with Crippen molar-refractivity contribution >= 4 is 27.5 Å². The Hall–Kier alpha value is -1.15. The van der Waals surface area contributed by atoms with Crippen molar-refractivity contribution in [1.82, 2.24) is 9.62 Å². The number of ether oxygens (including phenoxy) is 1. The van der Waals surface area contributed by atoms with Gasteiger partial charge in [0.15, 0.2) is 0 Å². The lowest BCUT2D eigenvalue weighted by atomic mass is 10.0. The minimum Gasteiger partial charge on any atom is -0.378 e. The number of amides is 1. The molecule has 0 aromatic heterocycles. The van der Waals surface area contributed by atoms with Gasteiger partial charge in [-0.3, -0.25) is 4.79 Å². The number of sulfonamides is 1. The Labute approximate surface area is 141 Å². The number of hydrogen-bond acceptors (Lipinski definition) is 4. The summed E-state index contributed by atoms with van der Waals surface area (Å²) >= 11 is 5.78. The van der Waals surface area contributed by atoms with Crippen LogP contribution in [0.2, 0.25) is 5.02 Å². The third-order valence-corrected chi connectivity index (χ3v) is 5.37. The molecule has 1 aliphatic heterocycles. The topological polar surface area (TPSA) is 75.7 Å². The Morgan fingerprint density at radius 3 is 2.30 bits per heavy atom. The zero-order chi connectivity index (χ0) is 17.0. The maximum absolute atomic E-state index is 12.6. The molecular formula is C15H21ClN2O4S. The first-order valence-electron chi connectivity index (χ1n) is 7.45. The van der Waals surface area contributed by atoms with Crippen molar-refractivity contribution in [2.24, 2.45) is 5.92 Å². The predicted molar refractivity (Wildman–Crippen MR) is 87.8 cm³/mol. The Bertz CT molecular complexity index is 640. The van der Waals surface area contributed by atoms with Crippen molar-refractivity contribution < 1.29 is 17.9 Å². The van der Waals surface area contributed by atoms with Crippen LogP contribution in [0, 0.1) is 5.92 Å². The van der Waals surface area contributed by atoms with Crippen LogP contribution in [0.25, 0.3) is 0 Å². The van der Waals surface area contributed by atoms with Crippen molar-refractivity contribution in [3.63, 3.8) is 0 Å². The van der Waals surface area contributed by atoms with Crippen LogP contribution in [0.15, 0.2) is 29.2 Å². The van der Waals surface area contributed by atoms with E-state index in [4.69, 9.17) is 16.3 Å². The van der Waals surface area contributed by atoms with E-state index in [2.05, 4.69) is 4.72 Å². The number of morpholine rings is 1. The van der Waals surface area contributed by atoms with Crippen molar-refractivity contribution in [1.29, 1.82) is 0 Å². The van der Waals surface area contributed by atoms with Crippen LogP contribution in [0.4, 0.5) is 0 Å². The molecule has 1 aromatic carbocycles. The Morgan fingerprint density at radius 1 is 1.22 bits per heavy atom. The fourth-order valence-electron chi connectivity index (χ4n) is 2.30. The molecule has 8 heteroatoms. The number of halogens is 1. The molecule has 6 nitrogen and oxygen atoms in total. The van der Waals surface area contributed by atoms with Crippen LogP contribution in [0.5, 0.6) is 0 Å². The monoisotopic (exact) mass is 360 g/mol. The van der Waals surface area contributed by atoms with Gasteiger partial charge >= 0.3 is 0 Å². The van der Waals surface area contributed by atoms with Crippen LogP contribution < -0.4 is 4.72 Å². The summed E-state index contributed by atoms with van der Waals surface area (Å²) in [5, 5.41) is 0.453. The molecule has 0 spiro atoms. The minimum absolute atomic E-state index is 0.0855. The van der Waals surface area contributed by atoms with Crippen LogP contribution >= 0.6 is 11.6 Å². The van der Waals surface area contributed by atoms with Gasteiger partial charge in [-0.05, 0) is 30.2 Å². The highest BCUT2D eigenvalue weighted by Crippen LogP contribution is 2.16. The highest BCUT2D eigenvalue weighted by Gasteiger charge is 2.32. The van der Waals surface area contributed by atoms with Crippen LogP contribution in [-0.2, 0) is 19.6 Å². The number of carbonyl (C=O) groups is 1. The van der Waals surface area contributed by atoms with Crippen LogP contribution in [0.3, 0.4) is 0 Å². The molecule has 1 heterocycles. The molecule has 1 fully saturated rings. The van der Waals surface area contributed by atoms with Crippen molar-refractivity contribution in [3.05, 3.63) is 29.3 Å². The van der Waals surface area contributed by atoms with Gasteiger partial charge in [-0.1, -0.05) is 25.4 Å². The molecule has 1 amide bonds. The van der Waals surface area contributed by atoms with Crippen molar-refractivity contribution in [2.75, 3.05) is 26.3 Å². The lowest BCUT2D eigenvalue weighted by Crippen LogP contribution is -2.53. The lowest BCUT2D eigenvalue weighted by Gasteiger charge is -2.32. The van der Waals surface area contributed by atoms with E-state index in [1.165, 1.54) is 24.3 Å². The normalized spacial score (nSPS) is 17.3. The summed E-state index contributed by atoms with van der Waals surface area (Å²) < 4.78 is 32.7. The molecule has 23 heavy (non-hydrogen) atoms. The number of benzene rings is 1. The largest absolute Gasteiger partial charge is 0.378 e. The molecule has 1 aromatic rings. The number of carbonyl (C=O) groups excluding carboxylic acids is 1. The zero-order valence-electron chi connectivity index (χ0n) is 13.2. The molecule has 0 aliphatic carbocycles. The molecule has 128 valence electrons. The quantitative estimate of drug-likeness (QED) is 0.863. The van der Waals surface area contributed by atoms with Gasteiger partial charge < -0.3 is 9.64 Å². The third-order valence-electron chi connectivity index (χ3n) is 3.66. The van der Waals surface area contributed by atoms with E-state index in [1.807, 2.05) is 13.8 Å². The molecule has 1 N–H and O–H groups in total. The van der Waals surface area contributed by atoms with Gasteiger partial charge in [0.25, 0.3) is 0 Å². The molecule has 0 bridgehead atoms. The second-order valence-corrected chi connectivity index (χ2v) is 7.88. The summed E-state index contributed by atoms with van der Waals surface area (Å²) in [7, 11) is -3.79. The molecule has 1 aliphatic rings. The molecule has 0 unspecified atom stereocenters. The summed E-state index contributed by atoms with van der Waals surface area (Å²) in [5.41, 5.74) is 0. The number of rotatable bonds is 5. The second kappa shape index (κ2) is 7.61. The summed E-state index contributed by atoms with van der Waals surface area (Å²) in [6.45, 7) is 5.53. The van der Waals surface area contributed by atoms with Gasteiger partial charge in [-0.15, -0.1) is 0 Å². The second-order valence-electron chi connectivity index (χ2n) is 5.73. The van der Waals surface area contributed by atoms with Gasteiger partial charge in [0.1, 0.15) is 6.04 Å². The SMILES string of the molecule is CC(C)[C@@H](NS(=O)(=O)c1ccc(Cl)cc1)C(=O)N1CCOCC1. The smallest absolute Gasteiger partial charge is 0.241 e. The first-order chi connectivity index (χ1) is 10.8. The first-order valence-corrected chi connectivity index (χ1v) is 9.32. The highest BCUT2D eigenvalue weighted by molar-refractivity contribution is 7.89. The summed E-state index contributed by atoms with van der Waals surface area (Å²) in [6, 6.07) is 5.03. The van der Waals surface area contributed by atoms with Crippen LogP contribution in [-0.4, -0.2) is 51.6 Å². The molecular weight excluding hydrogens is 340 g/mol. The molecule has 1 saturated heterocycles. The van der Waals surface area contributed by atoms with E-state index in [9.17, 15) is 13.2 Å². The standard InChI is InChI=1S/C15H21ClN2O4S/c1-11(2)14(15(19)18-7-9-22-10-8-18)17-23(20,21)13-5-3-12(16)4-6-13/h3-6,11,14,17H,7-10H2,1-2H3/t14-/m1/s1. The molecule has 0 saturated carbocycles. The van der Waals surface area contributed by atoms with Gasteiger partial charge in [0.05, 0.1) is 18.1 Å². The van der Waals surface area contributed by atoms with Crippen molar-refractivity contribution in [3.8, 4) is 0 Å². The Kier molecular flexibility index (Phi) is 6.02. The lowest BCUT2D eigenvalue weighted by molar-refractivity contribution is -0.138. The first kappa shape index (κ1) is 18.2. The fourth-order valence-corrected chi connectivity index (χ4v) is 3.76. The van der Waals surface area contributed by atoms with Gasteiger partial charge in [-0.2, -0.15) is 4.72 Å². The van der Waals surface area contributed by atoms with E-state index in [-0.39, 0.29) is 16.7 Å². The molecule has 1 atom stereocenters. The van der Waals surface area contributed by atoms with Gasteiger partial charge in [-0.25, -0.2) is 8.42 Å². The van der Waals surface area contributed by atoms with E-state index < -0.39 is 16.1 Å². The van der Waals surface area contributed by atoms with Crippen LogP contribution in [0.1, 0.15) is 13.8 Å². The average Bonchev–Trinajstić information content (AvgIpc) is 2.53. The highest BCUT2D eigenvalue weighted by atomic mass is 35.5. The van der Waals surface area contributed by atoms with E-state index in [0.29, 0.717) is 31.3 Å². The van der Waals surface area contributed by atoms with E-state index in [1.54, 1.807) is 4.90 Å². The fraction of sp³-hybridized carbons (Fsp3) is 0.533. The molecule has 0 radical (unpaired) electrons. The van der Waals surface area contributed by atoms with Gasteiger partial charge in [0, 0.05) is 18.1 Å². The Morgan fingerprint density at radius 2 is 1.78 bits per heavy atom. The minimum atomic E-state index is -3.79. The van der Waals surface area contributed by atoms with Crippen molar-refractivity contribution in [2.45, 2.75) is 24.8 Å². The summed E-state index contributed by atoms with van der Waals surface area (Å²) in [6.07, 6.45) is 0. The maximum Gasteiger partial charge on any atom is 0.241 e. The average molecular weight is 361 g/mol. The number of nitrogens with zero attached hydrogens (tertiary/aromatic N) is 1. The summed E-state index contributed by atoms with van der Waals surface area (Å²) in [4.78, 5) is 14.3. The number of nitrogens with one attached hydrogen (secondary N) is 1.